The van der Waals surface area contributed by atoms with Crippen molar-refractivity contribution in [3.8, 4) is 0 Å². The van der Waals surface area contributed by atoms with Crippen molar-refractivity contribution in [2.24, 2.45) is 0 Å². The molecule has 1 heterocycles. The predicted molar refractivity (Wildman–Crippen MR) is 89.8 cm³/mol. The molecule has 116 valence electrons. The van der Waals surface area contributed by atoms with Gasteiger partial charge >= 0.3 is 0 Å². The maximum absolute atomic E-state index is 6.40. The molecule has 1 aromatic carbocycles. The number of halogens is 1. The van der Waals surface area contributed by atoms with Gasteiger partial charge in [-0.05, 0) is 30.9 Å². The highest BCUT2D eigenvalue weighted by atomic mass is 35.5. The summed E-state index contributed by atoms with van der Waals surface area (Å²) in [7, 11) is 0. The zero-order chi connectivity index (χ0) is 14.7. The lowest BCUT2D eigenvalue weighted by Crippen LogP contribution is -2.64. The molecule has 1 N–H and O–H groups in total. The van der Waals surface area contributed by atoms with E-state index >= 15 is 0 Å². The molecule has 1 saturated heterocycles. The number of benzene rings is 1. The lowest BCUT2D eigenvalue weighted by molar-refractivity contribution is 0.00275. The van der Waals surface area contributed by atoms with Crippen LogP contribution in [0.2, 0.25) is 5.02 Å². The van der Waals surface area contributed by atoms with Crippen LogP contribution in [0.15, 0.2) is 24.3 Å². The Labute approximate surface area is 133 Å². The molecule has 1 aromatic rings. The highest BCUT2D eigenvalue weighted by Gasteiger charge is 2.41. The maximum Gasteiger partial charge on any atom is 0.0451 e. The van der Waals surface area contributed by atoms with E-state index in [0.717, 1.165) is 24.7 Å². The van der Waals surface area contributed by atoms with Gasteiger partial charge in [-0.25, -0.2) is 0 Å². The number of hydrogen-bond acceptors (Lipinski definition) is 2. The Morgan fingerprint density at radius 1 is 1.24 bits per heavy atom. The first-order valence-corrected chi connectivity index (χ1v) is 8.83. The van der Waals surface area contributed by atoms with Gasteiger partial charge in [-0.15, -0.1) is 0 Å². The standard InChI is InChI=1S/C18H27ClN2/c1-2-16-13-21(12-15-8-4-5-9-17(15)19)18(14-20-16)10-6-3-7-11-18/h4-5,8-9,16,20H,2-3,6-7,10-14H2,1H3. The van der Waals surface area contributed by atoms with Gasteiger partial charge in [-0.1, -0.05) is 56.0 Å². The van der Waals surface area contributed by atoms with Crippen molar-refractivity contribution in [1.82, 2.24) is 10.2 Å². The molecule has 0 radical (unpaired) electrons. The summed E-state index contributed by atoms with van der Waals surface area (Å²) in [5, 5.41) is 4.70. The summed E-state index contributed by atoms with van der Waals surface area (Å²) in [4.78, 5) is 2.73. The third-order valence-corrected chi connectivity index (χ3v) is 5.80. The molecule has 0 bridgehead atoms. The van der Waals surface area contributed by atoms with Crippen LogP contribution in [0.25, 0.3) is 0 Å². The summed E-state index contributed by atoms with van der Waals surface area (Å²) in [6.45, 7) is 5.58. The molecule has 21 heavy (non-hydrogen) atoms. The van der Waals surface area contributed by atoms with Crippen molar-refractivity contribution < 1.29 is 0 Å². The molecule has 2 aliphatic rings. The number of nitrogens with one attached hydrogen (secondary N) is 1. The molecule has 1 unspecified atom stereocenters. The van der Waals surface area contributed by atoms with Crippen LogP contribution < -0.4 is 5.32 Å². The molecule has 3 heteroatoms. The van der Waals surface area contributed by atoms with Crippen LogP contribution in [0.5, 0.6) is 0 Å². The second-order valence-corrected chi connectivity index (χ2v) is 7.15. The minimum Gasteiger partial charge on any atom is -0.311 e. The van der Waals surface area contributed by atoms with Crippen LogP contribution in [-0.2, 0) is 6.54 Å². The van der Waals surface area contributed by atoms with Crippen LogP contribution in [0.1, 0.15) is 51.0 Å². The van der Waals surface area contributed by atoms with Gasteiger partial charge in [0.15, 0.2) is 0 Å². The summed E-state index contributed by atoms with van der Waals surface area (Å²) in [5.41, 5.74) is 1.64. The third-order valence-electron chi connectivity index (χ3n) is 5.43. The smallest absolute Gasteiger partial charge is 0.0451 e. The van der Waals surface area contributed by atoms with Crippen LogP contribution in [0.4, 0.5) is 0 Å². The lowest BCUT2D eigenvalue weighted by atomic mass is 9.78. The van der Waals surface area contributed by atoms with Gasteiger partial charge in [0.2, 0.25) is 0 Å². The molecule has 1 saturated carbocycles. The fraction of sp³-hybridized carbons (Fsp3) is 0.667. The third kappa shape index (κ3) is 3.28. The van der Waals surface area contributed by atoms with Crippen LogP contribution in [0.3, 0.4) is 0 Å². The number of piperazine rings is 1. The van der Waals surface area contributed by atoms with Gasteiger partial charge < -0.3 is 5.32 Å². The molecule has 2 fully saturated rings. The Bertz CT molecular complexity index is 468. The quantitative estimate of drug-likeness (QED) is 0.899. The first kappa shape index (κ1) is 15.3. The Hall–Kier alpha value is -0.570. The molecular formula is C18H27ClN2. The SMILES string of the molecule is CCC1CN(Cc2ccccc2Cl)C2(CCCCC2)CN1. The minimum absolute atomic E-state index is 0.364. The van der Waals surface area contributed by atoms with Gasteiger partial charge in [0, 0.05) is 36.2 Å². The van der Waals surface area contributed by atoms with Crippen LogP contribution in [-0.4, -0.2) is 29.6 Å². The summed E-state index contributed by atoms with van der Waals surface area (Å²) < 4.78 is 0. The fourth-order valence-electron chi connectivity index (χ4n) is 4.01. The van der Waals surface area contributed by atoms with E-state index in [-0.39, 0.29) is 0 Å². The van der Waals surface area contributed by atoms with E-state index in [2.05, 4.69) is 29.3 Å². The van der Waals surface area contributed by atoms with E-state index in [9.17, 15) is 0 Å². The van der Waals surface area contributed by atoms with Crippen molar-refractivity contribution in [3.63, 3.8) is 0 Å². The number of nitrogens with zero attached hydrogens (tertiary/aromatic N) is 1. The second-order valence-electron chi connectivity index (χ2n) is 6.74. The van der Waals surface area contributed by atoms with Crippen molar-refractivity contribution in [1.29, 1.82) is 0 Å². The Morgan fingerprint density at radius 3 is 2.71 bits per heavy atom. The fourth-order valence-corrected chi connectivity index (χ4v) is 4.21. The van der Waals surface area contributed by atoms with Crippen molar-refractivity contribution in [3.05, 3.63) is 34.9 Å². The minimum atomic E-state index is 0.364. The van der Waals surface area contributed by atoms with Gasteiger partial charge in [0.25, 0.3) is 0 Å². The van der Waals surface area contributed by atoms with E-state index in [0.29, 0.717) is 11.6 Å². The normalized spacial score (nSPS) is 26.1. The van der Waals surface area contributed by atoms with E-state index < -0.39 is 0 Å². The molecule has 3 rings (SSSR count). The van der Waals surface area contributed by atoms with Gasteiger partial charge in [-0.2, -0.15) is 0 Å². The maximum atomic E-state index is 6.40. The molecule has 1 spiro atoms. The molecule has 2 nitrogen and oxygen atoms in total. The first-order chi connectivity index (χ1) is 10.2. The molecular weight excluding hydrogens is 280 g/mol. The lowest BCUT2D eigenvalue weighted by Gasteiger charge is -2.52. The predicted octanol–water partition coefficient (Wildman–Crippen LogP) is 4.23. The second kappa shape index (κ2) is 6.68. The van der Waals surface area contributed by atoms with Crippen molar-refractivity contribution in [2.75, 3.05) is 13.1 Å². The highest BCUT2D eigenvalue weighted by Crippen LogP contribution is 2.37. The summed E-state index contributed by atoms with van der Waals surface area (Å²) in [5.74, 6) is 0. The largest absolute Gasteiger partial charge is 0.311 e. The van der Waals surface area contributed by atoms with Crippen LogP contribution >= 0.6 is 11.6 Å². The molecule has 0 aromatic heterocycles. The Morgan fingerprint density at radius 2 is 2.00 bits per heavy atom. The van der Waals surface area contributed by atoms with Crippen molar-refractivity contribution >= 4 is 11.6 Å². The van der Waals surface area contributed by atoms with Gasteiger partial charge in [0.05, 0.1) is 0 Å². The zero-order valence-electron chi connectivity index (χ0n) is 13.1. The number of rotatable bonds is 3. The zero-order valence-corrected chi connectivity index (χ0v) is 13.8. The molecule has 0 amide bonds. The Balaban J connectivity index is 1.81. The Kier molecular flexibility index (Phi) is 4.88. The summed E-state index contributed by atoms with van der Waals surface area (Å²) in [6.07, 6.45) is 8.02. The highest BCUT2D eigenvalue weighted by molar-refractivity contribution is 6.31. The van der Waals surface area contributed by atoms with Crippen molar-refractivity contribution in [2.45, 2.75) is 63.6 Å². The van der Waals surface area contributed by atoms with Crippen LogP contribution in [0, 0.1) is 0 Å². The average molecular weight is 307 g/mol. The summed E-state index contributed by atoms with van der Waals surface area (Å²) in [6, 6.07) is 8.95. The van der Waals surface area contributed by atoms with E-state index in [1.165, 1.54) is 44.1 Å². The van der Waals surface area contributed by atoms with E-state index in [1.54, 1.807) is 0 Å². The number of hydrogen-bond donors (Lipinski definition) is 1. The molecule has 1 atom stereocenters. The first-order valence-electron chi connectivity index (χ1n) is 8.45. The monoisotopic (exact) mass is 306 g/mol. The van der Waals surface area contributed by atoms with E-state index in [4.69, 9.17) is 11.6 Å². The average Bonchev–Trinajstić information content (AvgIpc) is 2.53. The molecule has 1 aliphatic carbocycles. The van der Waals surface area contributed by atoms with Gasteiger partial charge in [0.1, 0.15) is 0 Å². The van der Waals surface area contributed by atoms with E-state index in [1.807, 2.05) is 12.1 Å². The topological polar surface area (TPSA) is 15.3 Å². The molecule has 1 aliphatic heterocycles. The summed E-state index contributed by atoms with van der Waals surface area (Å²) >= 11 is 6.40. The van der Waals surface area contributed by atoms with Gasteiger partial charge in [-0.3, -0.25) is 4.90 Å².